The summed E-state index contributed by atoms with van der Waals surface area (Å²) in [6.45, 7) is 1.69. The normalized spacial score (nSPS) is 11.6. The van der Waals surface area contributed by atoms with Crippen molar-refractivity contribution < 1.29 is 23.4 Å². The minimum absolute atomic E-state index is 0.0788. The van der Waals surface area contributed by atoms with Gasteiger partial charge >= 0.3 is 5.97 Å². The highest BCUT2D eigenvalue weighted by atomic mass is 19.1. The molecule has 0 aliphatic rings. The van der Waals surface area contributed by atoms with Crippen LogP contribution in [0.15, 0.2) is 48.5 Å². The van der Waals surface area contributed by atoms with Gasteiger partial charge in [0, 0.05) is 0 Å². The van der Waals surface area contributed by atoms with E-state index in [0.717, 1.165) is 0 Å². The van der Waals surface area contributed by atoms with Crippen LogP contribution in [0.5, 0.6) is 11.5 Å². The second-order valence-corrected chi connectivity index (χ2v) is 4.67. The van der Waals surface area contributed by atoms with Gasteiger partial charge < -0.3 is 14.2 Å². The standard InChI is InChI=1S/C17H17FO4/c1-12(22-16-9-7-15(20-2)8-10-16)17(19)21-11-13-3-5-14(18)6-4-13/h3-10,12H,11H2,1-2H3. The summed E-state index contributed by atoms with van der Waals surface area (Å²) < 4.78 is 28.4. The Morgan fingerprint density at radius 3 is 2.23 bits per heavy atom. The molecule has 0 radical (unpaired) electrons. The summed E-state index contributed by atoms with van der Waals surface area (Å²) >= 11 is 0. The maximum atomic E-state index is 12.8. The number of hydrogen-bond acceptors (Lipinski definition) is 4. The molecule has 2 aromatic carbocycles. The first-order valence-electron chi connectivity index (χ1n) is 6.80. The van der Waals surface area contributed by atoms with Crippen molar-refractivity contribution in [3.8, 4) is 11.5 Å². The number of methoxy groups -OCH3 is 1. The smallest absolute Gasteiger partial charge is 0.347 e. The SMILES string of the molecule is COc1ccc(OC(C)C(=O)OCc2ccc(F)cc2)cc1. The van der Waals surface area contributed by atoms with Crippen LogP contribution in [-0.4, -0.2) is 19.2 Å². The van der Waals surface area contributed by atoms with Crippen molar-refractivity contribution in [1.29, 1.82) is 0 Å². The van der Waals surface area contributed by atoms with Crippen molar-refractivity contribution in [3.63, 3.8) is 0 Å². The lowest BCUT2D eigenvalue weighted by Crippen LogP contribution is -2.26. The van der Waals surface area contributed by atoms with Crippen molar-refractivity contribution in [3.05, 3.63) is 59.9 Å². The number of esters is 1. The molecule has 0 amide bonds. The maximum absolute atomic E-state index is 12.8. The van der Waals surface area contributed by atoms with Gasteiger partial charge in [-0.15, -0.1) is 0 Å². The molecule has 5 heteroatoms. The van der Waals surface area contributed by atoms with E-state index in [1.807, 2.05) is 0 Å². The van der Waals surface area contributed by atoms with Crippen molar-refractivity contribution in [2.75, 3.05) is 7.11 Å². The Hall–Kier alpha value is -2.56. The largest absolute Gasteiger partial charge is 0.497 e. The van der Waals surface area contributed by atoms with Gasteiger partial charge in [-0.25, -0.2) is 9.18 Å². The second kappa shape index (κ2) is 7.45. The first-order valence-corrected chi connectivity index (χ1v) is 6.80. The molecule has 0 bridgehead atoms. The summed E-state index contributed by atoms with van der Waals surface area (Å²) in [4.78, 5) is 11.9. The lowest BCUT2D eigenvalue weighted by molar-refractivity contribution is -0.152. The molecule has 2 rings (SSSR count). The molecule has 0 heterocycles. The van der Waals surface area contributed by atoms with Crippen LogP contribution in [0.2, 0.25) is 0 Å². The molecule has 116 valence electrons. The number of carbonyl (C=O) groups is 1. The second-order valence-electron chi connectivity index (χ2n) is 4.67. The fraction of sp³-hybridized carbons (Fsp3) is 0.235. The van der Waals surface area contributed by atoms with E-state index in [1.54, 1.807) is 50.4 Å². The zero-order valence-corrected chi connectivity index (χ0v) is 12.4. The highest BCUT2D eigenvalue weighted by Crippen LogP contribution is 2.18. The molecule has 22 heavy (non-hydrogen) atoms. The third-order valence-corrected chi connectivity index (χ3v) is 3.00. The molecule has 0 saturated heterocycles. The van der Waals surface area contributed by atoms with Gasteiger partial charge in [-0.1, -0.05) is 12.1 Å². The summed E-state index contributed by atoms with van der Waals surface area (Å²) in [5, 5.41) is 0. The van der Waals surface area contributed by atoms with Gasteiger partial charge in [0.1, 0.15) is 23.9 Å². The van der Waals surface area contributed by atoms with E-state index in [4.69, 9.17) is 14.2 Å². The van der Waals surface area contributed by atoms with E-state index in [1.165, 1.54) is 12.1 Å². The van der Waals surface area contributed by atoms with E-state index >= 15 is 0 Å². The monoisotopic (exact) mass is 304 g/mol. The number of benzene rings is 2. The fourth-order valence-electron chi connectivity index (χ4n) is 1.76. The Bertz CT molecular complexity index is 608. The van der Waals surface area contributed by atoms with Crippen molar-refractivity contribution in [2.45, 2.75) is 19.6 Å². The molecule has 2 aromatic rings. The minimum Gasteiger partial charge on any atom is -0.497 e. The van der Waals surface area contributed by atoms with E-state index in [-0.39, 0.29) is 12.4 Å². The van der Waals surface area contributed by atoms with Gasteiger partial charge in [-0.2, -0.15) is 0 Å². The summed E-state index contributed by atoms with van der Waals surface area (Å²) in [6.07, 6.45) is -0.742. The van der Waals surface area contributed by atoms with Gasteiger partial charge in [0.15, 0.2) is 6.10 Å². The minimum atomic E-state index is -0.742. The highest BCUT2D eigenvalue weighted by Gasteiger charge is 2.16. The Kier molecular flexibility index (Phi) is 5.36. The van der Waals surface area contributed by atoms with Crippen molar-refractivity contribution in [1.82, 2.24) is 0 Å². The molecule has 0 aliphatic carbocycles. The van der Waals surface area contributed by atoms with E-state index in [0.29, 0.717) is 17.1 Å². The molecule has 1 unspecified atom stereocenters. The summed E-state index contributed by atoms with van der Waals surface area (Å²) in [6, 6.07) is 12.7. The molecule has 0 saturated carbocycles. The number of ether oxygens (including phenoxy) is 3. The number of rotatable bonds is 6. The van der Waals surface area contributed by atoms with Crippen LogP contribution < -0.4 is 9.47 Å². The third-order valence-electron chi connectivity index (χ3n) is 3.00. The van der Waals surface area contributed by atoms with Crippen molar-refractivity contribution >= 4 is 5.97 Å². The summed E-state index contributed by atoms with van der Waals surface area (Å²) in [5.41, 5.74) is 0.714. The van der Waals surface area contributed by atoms with Crippen LogP contribution in [0.3, 0.4) is 0 Å². The Morgan fingerprint density at radius 2 is 1.64 bits per heavy atom. The highest BCUT2D eigenvalue weighted by molar-refractivity contribution is 5.74. The third kappa shape index (κ3) is 4.48. The van der Waals surface area contributed by atoms with Crippen LogP contribution in [0.25, 0.3) is 0 Å². The first-order chi connectivity index (χ1) is 10.6. The predicted molar refractivity (Wildman–Crippen MR) is 79.3 cm³/mol. The lowest BCUT2D eigenvalue weighted by Gasteiger charge is -2.14. The van der Waals surface area contributed by atoms with Gasteiger partial charge in [0.25, 0.3) is 0 Å². The number of halogens is 1. The Morgan fingerprint density at radius 1 is 1.05 bits per heavy atom. The quantitative estimate of drug-likeness (QED) is 0.768. The molecule has 0 fully saturated rings. The predicted octanol–water partition coefficient (Wildman–Crippen LogP) is 3.35. The topological polar surface area (TPSA) is 44.8 Å². The van der Waals surface area contributed by atoms with Crippen LogP contribution in [0.4, 0.5) is 4.39 Å². The summed E-state index contributed by atoms with van der Waals surface area (Å²) in [5.74, 6) is 0.442. The first kappa shape index (κ1) is 15.8. The Labute approximate surface area is 128 Å². The Balaban J connectivity index is 1.84. The number of hydrogen-bond donors (Lipinski definition) is 0. The zero-order valence-electron chi connectivity index (χ0n) is 12.4. The lowest BCUT2D eigenvalue weighted by atomic mass is 10.2. The van der Waals surface area contributed by atoms with Gasteiger partial charge in [0.05, 0.1) is 7.11 Å². The molecule has 0 aliphatic heterocycles. The summed E-state index contributed by atoms with van der Waals surface area (Å²) in [7, 11) is 1.57. The van der Waals surface area contributed by atoms with Crippen LogP contribution in [-0.2, 0) is 16.1 Å². The molecule has 0 spiro atoms. The van der Waals surface area contributed by atoms with Gasteiger partial charge in [-0.05, 0) is 48.9 Å². The zero-order chi connectivity index (χ0) is 15.9. The van der Waals surface area contributed by atoms with Crippen molar-refractivity contribution in [2.24, 2.45) is 0 Å². The van der Waals surface area contributed by atoms with Crippen LogP contribution >= 0.6 is 0 Å². The molecule has 0 N–H and O–H groups in total. The van der Waals surface area contributed by atoms with Gasteiger partial charge in [0.2, 0.25) is 0 Å². The molecule has 0 aromatic heterocycles. The molecular weight excluding hydrogens is 287 g/mol. The van der Waals surface area contributed by atoms with Crippen LogP contribution in [0.1, 0.15) is 12.5 Å². The molecule has 1 atom stereocenters. The maximum Gasteiger partial charge on any atom is 0.347 e. The fourth-order valence-corrected chi connectivity index (χ4v) is 1.76. The average Bonchev–Trinajstić information content (AvgIpc) is 2.54. The van der Waals surface area contributed by atoms with E-state index < -0.39 is 12.1 Å². The van der Waals surface area contributed by atoms with Crippen LogP contribution in [0, 0.1) is 5.82 Å². The average molecular weight is 304 g/mol. The van der Waals surface area contributed by atoms with Gasteiger partial charge in [-0.3, -0.25) is 0 Å². The number of carbonyl (C=O) groups excluding carboxylic acids is 1. The van der Waals surface area contributed by atoms with E-state index in [2.05, 4.69) is 0 Å². The van der Waals surface area contributed by atoms with E-state index in [9.17, 15) is 9.18 Å². The molecular formula is C17H17FO4. The molecule has 4 nitrogen and oxygen atoms in total.